The van der Waals surface area contributed by atoms with Gasteiger partial charge in [0.15, 0.2) is 5.65 Å². The number of carbonyl (C=O) groups is 1. The van der Waals surface area contributed by atoms with E-state index in [0.29, 0.717) is 48.9 Å². The summed E-state index contributed by atoms with van der Waals surface area (Å²) in [5, 5.41) is 17.4. The van der Waals surface area contributed by atoms with E-state index < -0.39 is 23.1 Å². The van der Waals surface area contributed by atoms with Crippen LogP contribution in [0.5, 0.6) is 0 Å². The molecule has 0 atom stereocenters. The number of aryl methyl sites for hydroxylation is 1. The van der Waals surface area contributed by atoms with Gasteiger partial charge in [-0.2, -0.15) is 18.4 Å². The van der Waals surface area contributed by atoms with E-state index >= 15 is 0 Å². The third-order valence-corrected chi connectivity index (χ3v) is 9.07. The van der Waals surface area contributed by atoms with E-state index in [1.54, 1.807) is 24.8 Å². The minimum Gasteiger partial charge on any atom is -0.320 e. The number of pyridine rings is 1. The first-order valence-corrected chi connectivity index (χ1v) is 14.0. The molecule has 1 aliphatic carbocycles. The average Bonchev–Trinajstić information content (AvgIpc) is 3.63. The van der Waals surface area contributed by atoms with Crippen molar-refractivity contribution in [3.63, 3.8) is 0 Å². The van der Waals surface area contributed by atoms with Crippen LogP contribution in [0.2, 0.25) is 0 Å². The van der Waals surface area contributed by atoms with Crippen LogP contribution < -0.4 is 4.90 Å². The quantitative estimate of drug-likeness (QED) is 0.331. The zero-order valence-corrected chi connectivity index (χ0v) is 23.3. The van der Waals surface area contributed by atoms with Crippen LogP contribution in [0.15, 0.2) is 43.1 Å². The monoisotopic (exact) mass is 574 g/mol. The summed E-state index contributed by atoms with van der Waals surface area (Å²) in [5.41, 5.74) is 1.17. The van der Waals surface area contributed by atoms with Crippen molar-refractivity contribution in [2.75, 3.05) is 18.0 Å². The van der Waals surface area contributed by atoms with Crippen molar-refractivity contribution in [3.05, 3.63) is 76.8 Å². The SMILES string of the molecule is CC1CC(c2cc(N3Cc4c(cc(CN5CC(CC#N)C5)cc4C(F)(F)F)C3=O)c3nccn3c2)(c2nncn2C)C1. The van der Waals surface area contributed by atoms with Crippen molar-refractivity contribution < 1.29 is 18.0 Å². The second-order valence-corrected chi connectivity index (χ2v) is 12.1. The van der Waals surface area contributed by atoms with E-state index in [0.717, 1.165) is 24.2 Å². The number of alkyl halides is 3. The predicted molar refractivity (Wildman–Crippen MR) is 146 cm³/mol. The summed E-state index contributed by atoms with van der Waals surface area (Å²) in [6, 6.07) is 6.82. The fraction of sp³-hybridized carbons (Fsp3) is 0.433. The molecule has 0 unspecified atom stereocenters. The fourth-order valence-electron chi connectivity index (χ4n) is 7.20. The lowest BCUT2D eigenvalue weighted by molar-refractivity contribution is -0.138. The molecule has 1 aromatic carbocycles. The second kappa shape index (κ2) is 9.39. The van der Waals surface area contributed by atoms with Crippen molar-refractivity contribution in [2.24, 2.45) is 18.9 Å². The summed E-state index contributed by atoms with van der Waals surface area (Å²) >= 11 is 0. The molecule has 0 N–H and O–H groups in total. The van der Waals surface area contributed by atoms with Gasteiger partial charge in [0.25, 0.3) is 5.91 Å². The number of imidazole rings is 1. The van der Waals surface area contributed by atoms with Gasteiger partial charge in [0.2, 0.25) is 0 Å². The Kier molecular flexibility index (Phi) is 5.96. The number of carbonyl (C=O) groups excluding carboxylic acids is 1. The molecule has 216 valence electrons. The van der Waals surface area contributed by atoms with Gasteiger partial charge in [-0.15, -0.1) is 10.2 Å². The molecular formula is C30H29F3N8O. The molecule has 9 nitrogen and oxygen atoms in total. The Morgan fingerprint density at radius 1 is 1.19 bits per heavy atom. The Morgan fingerprint density at radius 2 is 1.98 bits per heavy atom. The van der Waals surface area contributed by atoms with Crippen LogP contribution in [-0.2, 0) is 31.7 Å². The maximum atomic E-state index is 14.4. The standard InChI is InChI=1S/C30H29F3N8O/c1-18-10-29(11-18,28-37-36-17-38(28)2)21-9-25(26-35-5-6-40(26)15-21)41-16-23-22(27(41)42)7-20(8-24(23)30(31,32)33)14-39-12-19(13-39)3-4-34/h5-9,15,17-19H,3,10-14,16H2,1-2H3. The minimum absolute atomic E-state index is 0.0161. The first-order chi connectivity index (χ1) is 20.1. The molecule has 2 fully saturated rings. The molecule has 1 saturated heterocycles. The summed E-state index contributed by atoms with van der Waals surface area (Å²) in [6.45, 7) is 3.58. The molecule has 1 amide bonds. The third-order valence-electron chi connectivity index (χ3n) is 9.07. The number of hydrogen-bond donors (Lipinski definition) is 0. The Labute approximate surface area is 240 Å². The van der Waals surface area contributed by atoms with Crippen molar-refractivity contribution in [1.82, 2.24) is 29.0 Å². The molecule has 12 heteroatoms. The number of nitrogens with zero attached hydrogens (tertiary/aromatic N) is 8. The molecule has 2 aliphatic heterocycles. The van der Waals surface area contributed by atoms with Crippen LogP contribution in [0.3, 0.4) is 0 Å². The Morgan fingerprint density at radius 3 is 2.64 bits per heavy atom. The lowest BCUT2D eigenvalue weighted by Crippen LogP contribution is -2.45. The summed E-state index contributed by atoms with van der Waals surface area (Å²) in [7, 11) is 1.90. The number of benzene rings is 1. The largest absolute Gasteiger partial charge is 0.416 e. The van der Waals surface area contributed by atoms with Crippen molar-refractivity contribution in [2.45, 2.75) is 50.9 Å². The topological polar surface area (TPSA) is 95.3 Å². The number of anilines is 1. The van der Waals surface area contributed by atoms with Gasteiger partial charge < -0.3 is 13.9 Å². The Balaban J connectivity index is 1.29. The van der Waals surface area contributed by atoms with E-state index in [-0.39, 0.29) is 23.6 Å². The molecule has 3 aliphatic rings. The highest BCUT2D eigenvalue weighted by atomic mass is 19.4. The molecule has 7 rings (SSSR count). The molecule has 5 heterocycles. The maximum absolute atomic E-state index is 14.4. The normalized spacial score (nSPS) is 22.7. The highest BCUT2D eigenvalue weighted by molar-refractivity contribution is 6.12. The van der Waals surface area contributed by atoms with Crippen LogP contribution in [-0.4, -0.2) is 48.0 Å². The predicted octanol–water partition coefficient (Wildman–Crippen LogP) is 4.70. The van der Waals surface area contributed by atoms with E-state index in [2.05, 4.69) is 28.2 Å². The van der Waals surface area contributed by atoms with Crippen LogP contribution in [0.1, 0.15) is 64.6 Å². The number of hydrogen-bond acceptors (Lipinski definition) is 6. The molecule has 1 saturated carbocycles. The summed E-state index contributed by atoms with van der Waals surface area (Å²) in [6.07, 6.45) is 4.54. The zero-order valence-electron chi connectivity index (χ0n) is 23.3. The number of nitriles is 1. The summed E-state index contributed by atoms with van der Waals surface area (Å²) < 4.78 is 46.9. The van der Waals surface area contributed by atoms with Crippen molar-refractivity contribution in [3.8, 4) is 6.07 Å². The summed E-state index contributed by atoms with van der Waals surface area (Å²) in [4.78, 5) is 21.8. The lowest BCUT2D eigenvalue weighted by Gasteiger charge is -2.46. The summed E-state index contributed by atoms with van der Waals surface area (Å²) in [5.74, 6) is 1.03. The number of fused-ring (bicyclic) bond motifs is 2. The third kappa shape index (κ3) is 4.09. The van der Waals surface area contributed by atoms with E-state index in [1.165, 1.54) is 11.0 Å². The van der Waals surface area contributed by atoms with Gasteiger partial charge in [0, 0.05) is 57.3 Å². The van der Waals surface area contributed by atoms with Crippen LogP contribution in [0.4, 0.5) is 18.9 Å². The van der Waals surface area contributed by atoms with Gasteiger partial charge in [-0.05, 0) is 59.6 Å². The first-order valence-electron chi connectivity index (χ1n) is 14.0. The Hall–Kier alpha value is -4.24. The first kappa shape index (κ1) is 26.6. The second-order valence-electron chi connectivity index (χ2n) is 12.1. The number of halogens is 3. The molecule has 0 bridgehead atoms. The number of rotatable bonds is 6. The molecule has 0 spiro atoms. The number of likely N-dealkylation sites (tertiary alicyclic amines) is 1. The van der Waals surface area contributed by atoms with E-state index in [9.17, 15) is 18.0 Å². The van der Waals surface area contributed by atoms with Crippen LogP contribution >= 0.6 is 0 Å². The molecule has 4 aromatic rings. The van der Waals surface area contributed by atoms with Gasteiger partial charge in [0.05, 0.1) is 29.3 Å². The van der Waals surface area contributed by atoms with E-state index in [1.807, 2.05) is 33.2 Å². The zero-order chi connectivity index (χ0) is 29.4. The Bertz CT molecular complexity index is 1750. The highest BCUT2D eigenvalue weighted by Crippen LogP contribution is 2.52. The average molecular weight is 575 g/mol. The van der Waals surface area contributed by atoms with Crippen molar-refractivity contribution >= 4 is 17.2 Å². The maximum Gasteiger partial charge on any atom is 0.416 e. The highest BCUT2D eigenvalue weighted by Gasteiger charge is 2.49. The molecule has 0 radical (unpaired) electrons. The lowest BCUT2D eigenvalue weighted by atomic mass is 9.59. The van der Waals surface area contributed by atoms with Gasteiger partial charge >= 0.3 is 6.18 Å². The van der Waals surface area contributed by atoms with Crippen LogP contribution in [0.25, 0.3) is 5.65 Å². The van der Waals surface area contributed by atoms with Gasteiger partial charge in [-0.1, -0.05) is 6.92 Å². The molecule has 42 heavy (non-hydrogen) atoms. The molecule has 3 aromatic heterocycles. The van der Waals surface area contributed by atoms with Gasteiger partial charge in [0.1, 0.15) is 12.2 Å². The van der Waals surface area contributed by atoms with Gasteiger partial charge in [-0.3, -0.25) is 9.69 Å². The molecular weight excluding hydrogens is 545 g/mol. The number of aromatic nitrogens is 5. The number of amides is 1. The van der Waals surface area contributed by atoms with Crippen LogP contribution in [0, 0.1) is 23.2 Å². The van der Waals surface area contributed by atoms with E-state index in [4.69, 9.17) is 5.26 Å². The minimum atomic E-state index is -4.61. The van der Waals surface area contributed by atoms with Gasteiger partial charge in [-0.25, -0.2) is 4.98 Å². The fourth-order valence-corrected chi connectivity index (χ4v) is 7.20. The van der Waals surface area contributed by atoms with Crippen molar-refractivity contribution in [1.29, 1.82) is 5.26 Å². The smallest absolute Gasteiger partial charge is 0.320 e.